The maximum Gasteiger partial charge on any atom is 0.164 e. The first-order valence-electron chi connectivity index (χ1n) is 18.8. The van der Waals surface area contributed by atoms with E-state index in [0.29, 0.717) is 17.5 Å². The molecule has 11 aromatic rings. The predicted octanol–water partition coefficient (Wildman–Crippen LogP) is 13.2. The van der Waals surface area contributed by atoms with Crippen LogP contribution >= 0.6 is 0 Å². The van der Waals surface area contributed by atoms with E-state index in [-0.39, 0.29) is 0 Å². The molecule has 0 aliphatic carbocycles. The molecule has 0 saturated heterocycles. The van der Waals surface area contributed by atoms with E-state index in [2.05, 4.69) is 132 Å². The third kappa shape index (κ3) is 5.29. The second kappa shape index (κ2) is 13.0. The molecule has 0 fully saturated rings. The van der Waals surface area contributed by atoms with Crippen LogP contribution in [-0.4, -0.2) is 19.5 Å². The molecule has 0 radical (unpaired) electrons. The van der Waals surface area contributed by atoms with Gasteiger partial charge in [-0.25, -0.2) is 15.0 Å². The quantitative estimate of drug-likeness (QED) is 0.172. The summed E-state index contributed by atoms with van der Waals surface area (Å²) in [6.45, 7) is 0. The third-order valence-electron chi connectivity index (χ3n) is 10.6. The molecule has 0 bridgehead atoms. The number of para-hydroxylation sites is 3. The maximum atomic E-state index is 7.00. The zero-order valence-electron chi connectivity index (χ0n) is 30.2. The van der Waals surface area contributed by atoms with E-state index in [0.717, 1.165) is 72.1 Å². The number of benzene rings is 8. The Morgan fingerprint density at radius 1 is 0.357 bits per heavy atom. The van der Waals surface area contributed by atoms with E-state index in [4.69, 9.17) is 19.4 Å². The fourth-order valence-electron chi connectivity index (χ4n) is 8.05. The SMILES string of the molecule is c1ccc(-c2cc(-c3nc(-c4ccccc4)nc(-c4ccccc4)n3)c3c(c2)oc2c(-c4ccc5c6ccccc6n(-c6ccccc6)c5c4)cccc23)cc1. The summed E-state index contributed by atoms with van der Waals surface area (Å²) in [7, 11) is 0. The summed E-state index contributed by atoms with van der Waals surface area (Å²) in [5, 5.41) is 4.39. The highest BCUT2D eigenvalue weighted by Gasteiger charge is 2.22. The van der Waals surface area contributed by atoms with Crippen molar-refractivity contribution in [1.82, 2.24) is 19.5 Å². The van der Waals surface area contributed by atoms with Gasteiger partial charge >= 0.3 is 0 Å². The molecular formula is C51H32N4O. The molecule has 0 saturated carbocycles. The van der Waals surface area contributed by atoms with Crippen LogP contribution in [0.25, 0.3) is 106 Å². The zero-order valence-corrected chi connectivity index (χ0v) is 30.2. The summed E-state index contributed by atoms with van der Waals surface area (Å²) < 4.78 is 9.35. The third-order valence-corrected chi connectivity index (χ3v) is 10.6. The average Bonchev–Trinajstić information content (AvgIpc) is 3.83. The van der Waals surface area contributed by atoms with Crippen LogP contribution in [0.2, 0.25) is 0 Å². The molecule has 0 amide bonds. The van der Waals surface area contributed by atoms with Crippen LogP contribution in [0, 0.1) is 0 Å². The van der Waals surface area contributed by atoms with Gasteiger partial charge in [0.05, 0.1) is 11.0 Å². The van der Waals surface area contributed by atoms with Gasteiger partial charge in [0.15, 0.2) is 17.5 Å². The van der Waals surface area contributed by atoms with Gasteiger partial charge in [-0.2, -0.15) is 0 Å². The number of fused-ring (bicyclic) bond motifs is 6. The lowest BCUT2D eigenvalue weighted by Gasteiger charge is -2.11. The summed E-state index contributed by atoms with van der Waals surface area (Å²) in [4.78, 5) is 15.3. The van der Waals surface area contributed by atoms with Crippen molar-refractivity contribution in [2.24, 2.45) is 0 Å². The molecule has 0 aliphatic rings. The Balaban J connectivity index is 1.18. The van der Waals surface area contributed by atoms with Gasteiger partial charge in [-0.1, -0.05) is 158 Å². The fraction of sp³-hybridized carbons (Fsp3) is 0. The van der Waals surface area contributed by atoms with Crippen molar-refractivity contribution in [2.75, 3.05) is 0 Å². The zero-order chi connectivity index (χ0) is 37.0. The van der Waals surface area contributed by atoms with Crippen LogP contribution in [0.5, 0.6) is 0 Å². The van der Waals surface area contributed by atoms with Gasteiger partial charge in [0.1, 0.15) is 11.2 Å². The molecule has 0 aliphatic heterocycles. The number of furan rings is 1. The lowest BCUT2D eigenvalue weighted by atomic mass is 9.96. The molecule has 0 atom stereocenters. The number of rotatable bonds is 6. The molecule has 5 heteroatoms. The molecule has 56 heavy (non-hydrogen) atoms. The molecule has 8 aromatic carbocycles. The predicted molar refractivity (Wildman–Crippen MR) is 229 cm³/mol. The monoisotopic (exact) mass is 716 g/mol. The Hall–Kier alpha value is -7.63. The molecule has 5 nitrogen and oxygen atoms in total. The number of aromatic nitrogens is 4. The molecule has 0 spiro atoms. The largest absolute Gasteiger partial charge is 0.455 e. The van der Waals surface area contributed by atoms with E-state index in [1.54, 1.807) is 0 Å². The Morgan fingerprint density at radius 3 is 1.62 bits per heavy atom. The molecule has 262 valence electrons. The van der Waals surface area contributed by atoms with Crippen LogP contribution in [0.4, 0.5) is 0 Å². The van der Waals surface area contributed by atoms with Crippen LogP contribution in [0.15, 0.2) is 199 Å². The second-order valence-corrected chi connectivity index (χ2v) is 14.0. The topological polar surface area (TPSA) is 56.7 Å². The molecular weight excluding hydrogens is 685 g/mol. The summed E-state index contributed by atoms with van der Waals surface area (Å²) in [6.07, 6.45) is 0. The summed E-state index contributed by atoms with van der Waals surface area (Å²) in [5.41, 5.74) is 11.9. The van der Waals surface area contributed by atoms with Crippen molar-refractivity contribution >= 4 is 43.7 Å². The minimum Gasteiger partial charge on any atom is -0.455 e. The van der Waals surface area contributed by atoms with E-state index in [1.807, 2.05) is 66.7 Å². The van der Waals surface area contributed by atoms with Gasteiger partial charge < -0.3 is 8.98 Å². The first-order chi connectivity index (χ1) is 27.8. The van der Waals surface area contributed by atoms with Crippen LogP contribution < -0.4 is 0 Å². The highest BCUT2D eigenvalue weighted by atomic mass is 16.3. The average molecular weight is 717 g/mol. The fourth-order valence-corrected chi connectivity index (χ4v) is 8.05. The lowest BCUT2D eigenvalue weighted by molar-refractivity contribution is 0.670. The number of hydrogen-bond acceptors (Lipinski definition) is 4. The Bertz CT molecular complexity index is 3170. The van der Waals surface area contributed by atoms with Crippen molar-refractivity contribution in [1.29, 1.82) is 0 Å². The van der Waals surface area contributed by atoms with Crippen LogP contribution in [-0.2, 0) is 0 Å². The van der Waals surface area contributed by atoms with Gasteiger partial charge in [-0.15, -0.1) is 0 Å². The van der Waals surface area contributed by atoms with E-state index >= 15 is 0 Å². The highest BCUT2D eigenvalue weighted by molar-refractivity contribution is 6.17. The van der Waals surface area contributed by atoms with Crippen molar-refractivity contribution in [3.05, 3.63) is 194 Å². The lowest BCUT2D eigenvalue weighted by Crippen LogP contribution is -2.00. The van der Waals surface area contributed by atoms with Gasteiger partial charge in [0, 0.05) is 49.5 Å². The molecule has 3 aromatic heterocycles. The van der Waals surface area contributed by atoms with Crippen LogP contribution in [0.3, 0.4) is 0 Å². The molecule has 3 heterocycles. The minimum atomic E-state index is 0.586. The van der Waals surface area contributed by atoms with Crippen molar-refractivity contribution in [2.45, 2.75) is 0 Å². The highest BCUT2D eigenvalue weighted by Crippen LogP contribution is 2.44. The second-order valence-electron chi connectivity index (χ2n) is 14.0. The van der Waals surface area contributed by atoms with Crippen LogP contribution in [0.1, 0.15) is 0 Å². The van der Waals surface area contributed by atoms with E-state index < -0.39 is 0 Å². The standard InChI is InChI=1S/C51H32N4O/c1-5-16-33(17-6-1)37-30-43(51-53-49(34-18-7-2-8-19-34)52-50(54-51)35-20-9-3-10-21-35)47-42-26-15-25-39(48(42)56-46(47)32-37)36-28-29-41-40-24-13-14-27-44(40)55(45(41)31-36)38-22-11-4-12-23-38/h1-32H. The van der Waals surface area contributed by atoms with E-state index in [9.17, 15) is 0 Å². The number of nitrogens with zero attached hydrogens (tertiary/aromatic N) is 4. The summed E-state index contributed by atoms with van der Waals surface area (Å²) >= 11 is 0. The van der Waals surface area contributed by atoms with Crippen molar-refractivity contribution < 1.29 is 4.42 Å². The smallest absolute Gasteiger partial charge is 0.164 e. The maximum absolute atomic E-state index is 7.00. The first kappa shape index (κ1) is 31.9. The Morgan fingerprint density at radius 2 is 0.929 bits per heavy atom. The van der Waals surface area contributed by atoms with E-state index in [1.165, 1.54) is 16.3 Å². The van der Waals surface area contributed by atoms with Gasteiger partial charge in [-0.3, -0.25) is 0 Å². The molecule has 11 rings (SSSR count). The van der Waals surface area contributed by atoms with Crippen molar-refractivity contribution in [3.63, 3.8) is 0 Å². The van der Waals surface area contributed by atoms with Gasteiger partial charge in [0.2, 0.25) is 0 Å². The minimum absolute atomic E-state index is 0.586. The summed E-state index contributed by atoms with van der Waals surface area (Å²) in [5.74, 6) is 1.81. The number of hydrogen-bond donors (Lipinski definition) is 0. The normalized spacial score (nSPS) is 11.6. The Kier molecular flexibility index (Phi) is 7.42. The molecule has 0 N–H and O–H groups in total. The Labute approximate surface area is 322 Å². The molecule has 0 unspecified atom stereocenters. The first-order valence-corrected chi connectivity index (χ1v) is 18.8. The summed E-state index contributed by atoms with van der Waals surface area (Å²) in [6, 6.07) is 67.3. The van der Waals surface area contributed by atoms with Crippen molar-refractivity contribution in [3.8, 4) is 62.1 Å². The van der Waals surface area contributed by atoms with Gasteiger partial charge in [-0.05, 0) is 53.1 Å². The van der Waals surface area contributed by atoms with Gasteiger partial charge in [0.25, 0.3) is 0 Å².